The molecule has 0 aliphatic carbocycles. The predicted octanol–water partition coefficient (Wildman–Crippen LogP) is 4.04. The van der Waals surface area contributed by atoms with Crippen molar-refractivity contribution < 1.29 is 4.39 Å². The first-order valence-electron chi connectivity index (χ1n) is 6.65. The summed E-state index contributed by atoms with van der Waals surface area (Å²) in [4.78, 5) is 0. The van der Waals surface area contributed by atoms with Gasteiger partial charge in [-0.25, -0.2) is 4.39 Å². The van der Waals surface area contributed by atoms with Crippen LogP contribution < -0.4 is 5.32 Å². The van der Waals surface area contributed by atoms with Crippen molar-refractivity contribution >= 4 is 11.3 Å². The molecular formula is C16H20FNS. The van der Waals surface area contributed by atoms with E-state index in [0.717, 1.165) is 18.4 Å². The van der Waals surface area contributed by atoms with Gasteiger partial charge in [0, 0.05) is 12.1 Å². The summed E-state index contributed by atoms with van der Waals surface area (Å²) in [5.41, 5.74) is 2.42. The van der Waals surface area contributed by atoms with Gasteiger partial charge in [-0.2, -0.15) is 11.3 Å². The van der Waals surface area contributed by atoms with Crippen molar-refractivity contribution in [2.75, 3.05) is 0 Å². The van der Waals surface area contributed by atoms with Crippen molar-refractivity contribution in [3.05, 3.63) is 58.0 Å². The molecule has 3 heteroatoms. The number of halogens is 1. The molecule has 0 spiro atoms. The fourth-order valence-electron chi connectivity index (χ4n) is 2.38. The van der Waals surface area contributed by atoms with E-state index >= 15 is 0 Å². The Balaban J connectivity index is 1.82. The van der Waals surface area contributed by atoms with Crippen LogP contribution in [0.1, 0.15) is 25.0 Å². The van der Waals surface area contributed by atoms with Crippen molar-refractivity contribution in [1.82, 2.24) is 5.32 Å². The van der Waals surface area contributed by atoms with E-state index in [2.05, 4.69) is 36.0 Å². The molecule has 102 valence electrons. The minimum atomic E-state index is -0.156. The summed E-state index contributed by atoms with van der Waals surface area (Å²) in [7, 11) is 0. The van der Waals surface area contributed by atoms with E-state index in [0.29, 0.717) is 12.1 Å². The lowest BCUT2D eigenvalue weighted by atomic mass is 10.0. The van der Waals surface area contributed by atoms with Gasteiger partial charge in [0.05, 0.1) is 0 Å². The summed E-state index contributed by atoms with van der Waals surface area (Å²) in [5.74, 6) is -0.156. The molecule has 1 heterocycles. The highest BCUT2D eigenvalue weighted by molar-refractivity contribution is 7.07. The van der Waals surface area contributed by atoms with Crippen LogP contribution in [0.15, 0.2) is 41.1 Å². The molecule has 19 heavy (non-hydrogen) atoms. The molecule has 2 atom stereocenters. The maximum Gasteiger partial charge on any atom is 0.123 e. The zero-order chi connectivity index (χ0) is 13.7. The van der Waals surface area contributed by atoms with Gasteiger partial charge in [0.25, 0.3) is 0 Å². The highest BCUT2D eigenvalue weighted by Gasteiger charge is 2.09. The van der Waals surface area contributed by atoms with Crippen LogP contribution in [0.4, 0.5) is 4.39 Å². The molecule has 2 rings (SSSR count). The molecule has 0 bridgehead atoms. The topological polar surface area (TPSA) is 12.0 Å². The normalized spacial score (nSPS) is 14.3. The second-order valence-corrected chi connectivity index (χ2v) is 5.92. The van der Waals surface area contributed by atoms with Crippen LogP contribution >= 0.6 is 11.3 Å². The van der Waals surface area contributed by atoms with Crippen molar-refractivity contribution in [2.24, 2.45) is 0 Å². The fourth-order valence-corrected chi connectivity index (χ4v) is 3.06. The lowest BCUT2D eigenvalue weighted by Crippen LogP contribution is -2.37. The van der Waals surface area contributed by atoms with Gasteiger partial charge in [-0.05, 0) is 66.8 Å². The summed E-state index contributed by atoms with van der Waals surface area (Å²) in [6.45, 7) is 4.34. The quantitative estimate of drug-likeness (QED) is 0.840. The smallest absolute Gasteiger partial charge is 0.123 e. The predicted molar refractivity (Wildman–Crippen MR) is 80.2 cm³/mol. The molecule has 1 aromatic carbocycles. The summed E-state index contributed by atoms with van der Waals surface area (Å²) < 4.78 is 13.1. The van der Waals surface area contributed by atoms with Gasteiger partial charge in [-0.3, -0.25) is 0 Å². The Bertz CT molecular complexity index is 495. The molecule has 0 aliphatic rings. The Kier molecular flexibility index (Phi) is 5.11. The summed E-state index contributed by atoms with van der Waals surface area (Å²) in [6.07, 6.45) is 1.89. The monoisotopic (exact) mass is 277 g/mol. The highest BCUT2D eigenvalue weighted by atomic mass is 32.1. The van der Waals surface area contributed by atoms with Crippen LogP contribution in [0, 0.1) is 5.82 Å². The molecule has 1 N–H and O–H groups in total. The maximum absolute atomic E-state index is 13.1. The molecule has 2 aromatic rings. The number of hydrogen-bond donors (Lipinski definition) is 1. The second-order valence-electron chi connectivity index (χ2n) is 5.14. The number of benzene rings is 1. The largest absolute Gasteiger partial charge is 0.311 e. The third-order valence-corrected chi connectivity index (χ3v) is 3.85. The summed E-state index contributed by atoms with van der Waals surface area (Å²) in [6, 6.07) is 9.79. The van der Waals surface area contributed by atoms with Gasteiger partial charge in [0.2, 0.25) is 0 Å². The van der Waals surface area contributed by atoms with Crippen molar-refractivity contribution in [2.45, 2.75) is 38.8 Å². The molecule has 2 unspecified atom stereocenters. The lowest BCUT2D eigenvalue weighted by molar-refractivity contribution is 0.462. The molecule has 1 nitrogen and oxygen atoms in total. The molecule has 1 aromatic heterocycles. The van der Waals surface area contributed by atoms with E-state index in [4.69, 9.17) is 0 Å². The van der Waals surface area contributed by atoms with Gasteiger partial charge in [0.1, 0.15) is 5.82 Å². The Morgan fingerprint density at radius 3 is 2.47 bits per heavy atom. The number of nitrogens with one attached hydrogen (secondary N) is 1. The lowest BCUT2D eigenvalue weighted by Gasteiger charge is -2.20. The Morgan fingerprint density at radius 1 is 1.11 bits per heavy atom. The minimum Gasteiger partial charge on any atom is -0.311 e. The molecule has 0 amide bonds. The molecular weight excluding hydrogens is 257 g/mol. The molecule has 0 saturated heterocycles. The van der Waals surface area contributed by atoms with Crippen LogP contribution in [-0.4, -0.2) is 12.1 Å². The first kappa shape index (κ1) is 14.2. The van der Waals surface area contributed by atoms with Crippen LogP contribution in [-0.2, 0) is 12.8 Å². The van der Waals surface area contributed by atoms with E-state index in [1.807, 2.05) is 6.07 Å². The number of rotatable bonds is 6. The van der Waals surface area contributed by atoms with E-state index in [9.17, 15) is 4.39 Å². The van der Waals surface area contributed by atoms with Gasteiger partial charge >= 0.3 is 0 Å². The average molecular weight is 277 g/mol. The van der Waals surface area contributed by atoms with Crippen molar-refractivity contribution in [3.8, 4) is 0 Å². The van der Waals surface area contributed by atoms with Crippen molar-refractivity contribution in [3.63, 3.8) is 0 Å². The SMILES string of the molecule is CC(Cc1ccsc1)NC(C)Cc1cccc(F)c1. The molecule has 0 saturated carbocycles. The Hall–Kier alpha value is -1.19. The van der Waals surface area contributed by atoms with Crippen LogP contribution in [0.2, 0.25) is 0 Å². The molecule has 0 aliphatic heterocycles. The average Bonchev–Trinajstić information content (AvgIpc) is 2.81. The van der Waals surface area contributed by atoms with E-state index in [1.54, 1.807) is 23.5 Å². The zero-order valence-electron chi connectivity index (χ0n) is 11.4. The fraction of sp³-hybridized carbons (Fsp3) is 0.375. The third kappa shape index (κ3) is 4.77. The van der Waals surface area contributed by atoms with E-state index in [1.165, 1.54) is 11.6 Å². The second kappa shape index (κ2) is 6.83. The summed E-state index contributed by atoms with van der Waals surface area (Å²) in [5, 5.41) is 7.87. The zero-order valence-corrected chi connectivity index (χ0v) is 12.2. The van der Waals surface area contributed by atoms with E-state index in [-0.39, 0.29) is 5.82 Å². The number of hydrogen-bond acceptors (Lipinski definition) is 2. The Labute approximate surface area is 118 Å². The van der Waals surface area contributed by atoms with E-state index < -0.39 is 0 Å². The van der Waals surface area contributed by atoms with Gasteiger partial charge in [-0.1, -0.05) is 12.1 Å². The summed E-state index contributed by atoms with van der Waals surface area (Å²) >= 11 is 1.74. The van der Waals surface area contributed by atoms with Crippen LogP contribution in [0.5, 0.6) is 0 Å². The Morgan fingerprint density at radius 2 is 1.84 bits per heavy atom. The maximum atomic E-state index is 13.1. The molecule has 0 fully saturated rings. The van der Waals surface area contributed by atoms with Crippen molar-refractivity contribution in [1.29, 1.82) is 0 Å². The minimum absolute atomic E-state index is 0.156. The third-order valence-electron chi connectivity index (χ3n) is 3.12. The first-order valence-corrected chi connectivity index (χ1v) is 7.59. The van der Waals surface area contributed by atoms with Gasteiger partial charge in [0.15, 0.2) is 0 Å². The number of thiophene rings is 1. The molecule has 0 radical (unpaired) electrons. The van der Waals surface area contributed by atoms with Crippen LogP contribution in [0.25, 0.3) is 0 Å². The van der Waals surface area contributed by atoms with Gasteiger partial charge < -0.3 is 5.32 Å². The van der Waals surface area contributed by atoms with Crippen LogP contribution in [0.3, 0.4) is 0 Å². The first-order chi connectivity index (χ1) is 9.13. The van der Waals surface area contributed by atoms with Gasteiger partial charge in [-0.15, -0.1) is 0 Å². The highest BCUT2D eigenvalue weighted by Crippen LogP contribution is 2.10. The standard InChI is InChI=1S/C16H20FNS/c1-12(8-14-4-3-5-16(17)10-14)18-13(2)9-15-6-7-19-11-15/h3-7,10-13,18H,8-9H2,1-2H3.